The van der Waals surface area contributed by atoms with E-state index in [2.05, 4.69) is 15.9 Å². The van der Waals surface area contributed by atoms with Crippen LogP contribution in [0, 0.1) is 11.3 Å². The van der Waals surface area contributed by atoms with Crippen LogP contribution in [0.5, 0.6) is 0 Å². The lowest BCUT2D eigenvalue weighted by Gasteiger charge is -2.25. The van der Waals surface area contributed by atoms with Gasteiger partial charge in [-0.1, -0.05) is 58.2 Å². The number of amides is 2. The second kappa shape index (κ2) is 6.75. The summed E-state index contributed by atoms with van der Waals surface area (Å²) in [5, 5.41) is 0.773. The van der Waals surface area contributed by atoms with E-state index in [9.17, 15) is 9.59 Å². The molecular weight excluding hydrogens is 425 g/mol. The van der Waals surface area contributed by atoms with Gasteiger partial charge in [0.15, 0.2) is 0 Å². The maximum Gasteiger partial charge on any atom is 0.240 e. The number of hydrogen-bond acceptors (Lipinski definition) is 2. The van der Waals surface area contributed by atoms with Crippen LogP contribution in [-0.4, -0.2) is 11.8 Å². The third-order valence-electron chi connectivity index (χ3n) is 4.83. The number of carbonyl (C=O) groups is 2. The molecule has 1 aliphatic heterocycles. The lowest BCUT2D eigenvalue weighted by molar-refractivity contribution is -0.125. The van der Waals surface area contributed by atoms with Crippen molar-refractivity contribution in [3.63, 3.8) is 0 Å². The highest BCUT2D eigenvalue weighted by atomic mass is 79.9. The maximum atomic E-state index is 13.2. The second-order valence-corrected chi connectivity index (χ2v) is 8.34. The Balaban J connectivity index is 1.98. The molecule has 1 heterocycles. The molecule has 2 atom stereocenters. The molecule has 6 heteroatoms. The molecule has 1 aliphatic rings. The van der Waals surface area contributed by atoms with Crippen molar-refractivity contribution in [3.05, 3.63) is 62.5 Å². The first-order chi connectivity index (χ1) is 11.7. The highest BCUT2D eigenvalue weighted by Gasteiger charge is 2.54. The number of carbonyl (C=O) groups excluding carboxylic acids is 2. The van der Waals surface area contributed by atoms with Crippen LogP contribution in [0.15, 0.2) is 46.9 Å². The monoisotopic (exact) mass is 439 g/mol. The molecule has 3 nitrogen and oxygen atoms in total. The first kappa shape index (κ1) is 18.4. The first-order valence-electron chi connectivity index (χ1n) is 7.81. The topological polar surface area (TPSA) is 37.4 Å². The van der Waals surface area contributed by atoms with Crippen LogP contribution >= 0.6 is 39.1 Å². The molecule has 0 spiro atoms. The number of hydrogen-bond donors (Lipinski definition) is 0. The summed E-state index contributed by atoms with van der Waals surface area (Å²) in [6.07, 6.45) is 0.483. The first-order valence-corrected chi connectivity index (χ1v) is 9.36. The van der Waals surface area contributed by atoms with Gasteiger partial charge in [-0.2, -0.15) is 0 Å². The van der Waals surface area contributed by atoms with E-state index in [0.717, 1.165) is 10.0 Å². The van der Waals surface area contributed by atoms with Crippen molar-refractivity contribution in [1.29, 1.82) is 0 Å². The molecule has 1 fully saturated rings. The van der Waals surface area contributed by atoms with Gasteiger partial charge in [-0.3, -0.25) is 9.59 Å². The third kappa shape index (κ3) is 3.35. The van der Waals surface area contributed by atoms with E-state index in [1.54, 1.807) is 25.1 Å². The van der Waals surface area contributed by atoms with Crippen molar-refractivity contribution in [2.24, 2.45) is 11.3 Å². The molecule has 0 aromatic heterocycles. The van der Waals surface area contributed by atoms with Gasteiger partial charge < -0.3 is 0 Å². The van der Waals surface area contributed by atoms with Gasteiger partial charge in [-0.15, -0.1) is 0 Å². The number of halogens is 3. The predicted octanol–water partition coefficient (Wildman–Crippen LogP) is 5.51. The normalized spacial score (nSPS) is 23.4. The smallest absolute Gasteiger partial charge is 0.240 e. The molecule has 3 rings (SSSR count). The van der Waals surface area contributed by atoms with Crippen molar-refractivity contribution in [3.8, 4) is 0 Å². The minimum atomic E-state index is -0.820. The molecular formula is C19H16BrCl2NO2. The van der Waals surface area contributed by atoms with Crippen LogP contribution < -0.4 is 4.90 Å². The minimum absolute atomic E-state index is 0.230. The summed E-state index contributed by atoms with van der Waals surface area (Å²) in [5.74, 6) is -0.907. The second-order valence-electron chi connectivity index (χ2n) is 6.55. The number of rotatable bonds is 3. The fourth-order valence-electron chi connectivity index (χ4n) is 3.17. The highest BCUT2D eigenvalue weighted by molar-refractivity contribution is 9.10. The zero-order valence-corrected chi connectivity index (χ0v) is 16.8. The van der Waals surface area contributed by atoms with Crippen molar-refractivity contribution in [2.45, 2.75) is 20.3 Å². The Morgan fingerprint density at radius 1 is 1.08 bits per heavy atom. The number of imide groups is 1. The molecule has 0 unspecified atom stereocenters. The molecule has 0 bridgehead atoms. The largest absolute Gasteiger partial charge is 0.274 e. The predicted molar refractivity (Wildman–Crippen MR) is 104 cm³/mol. The fourth-order valence-corrected chi connectivity index (χ4v) is 3.95. The summed E-state index contributed by atoms with van der Waals surface area (Å²) in [6, 6.07) is 12.5. The van der Waals surface area contributed by atoms with E-state index in [4.69, 9.17) is 23.2 Å². The summed E-state index contributed by atoms with van der Waals surface area (Å²) in [6.45, 7) is 3.64. The van der Waals surface area contributed by atoms with Gasteiger partial charge in [0.1, 0.15) is 0 Å². The van der Waals surface area contributed by atoms with Crippen molar-refractivity contribution in [2.75, 3.05) is 4.90 Å². The molecule has 0 N–H and O–H groups in total. The summed E-state index contributed by atoms with van der Waals surface area (Å²) in [4.78, 5) is 27.2. The summed E-state index contributed by atoms with van der Waals surface area (Å²) < 4.78 is 0.971. The molecule has 1 saturated heterocycles. The Hall–Kier alpha value is -1.36. The summed E-state index contributed by atoms with van der Waals surface area (Å²) >= 11 is 15.5. The van der Waals surface area contributed by atoms with Gasteiger partial charge in [0.25, 0.3) is 0 Å². The van der Waals surface area contributed by atoms with Crippen molar-refractivity contribution < 1.29 is 9.59 Å². The Morgan fingerprint density at radius 2 is 1.64 bits per heavy atom. The molecule has 0 saturated carbocycles. The van der Waals surface area contributed by atoms with Crippen molar-refractivity contribution in [1.82, 2.24) is 0 Å². The van der Waals surface area contributed by atoms with E-state index in [0.29, 0.717) is 22.2 Å². The molecule has 25 heavy (non-hydrogen) atoms. The average molecular weight is 441 g/mol. The summed E-state index contributed by atoms with van der Waals surface area (Å²) in [5.41, 5.74) is 0.600. The minimum Gasteiger partial charge on any atom is -0.274 e. The van der Waals surface area contributed by atoms with Gasteiger partial charge >= 0.3 is 0 Å². The number of benzene rings is 2. The quantitative estimate of drug-likeness (QED) is 0.589. The van der Waals surface area contributed by atoms with Crippen LogP contribution in [0.25, 0.3) is 0 Å². The highest BCUT2D eigenvalue weighted by Crippen LogP contribution is 2.43. The van der Waals surface area contributed by atoms with E-state index in [1.807, 2.05) is 31.2 Å². The molecule has 0 radical (unpaired) electrons. The average Bonchev–Trinajstić information content (AvgIpc) is 2.70. The zero-order chi connectivity index (χ0) is 18.4. The van der Waals surface area contributed by atoms with Gasteiger partial charge in [0.2, 0.25) is 11.8 Å². The molecule has 2 aromatic carbocycles. The summed E-state index contributed by atoms with van der Waals surface area (Å²) in [7, 11) is 0. The van der Waals surface area contributed by atoms with Crippen LogP contribution in [0.1, 0.15) is 19.4 Å². The SMILES string of the molecule is C[C@H]1C(=O)N(c2cc(Cl)cc(Cl)c2)C(=O)[C@]1(C)Cc1ccc(Br)cc1. The standard InChI is InChI=1S/C19H16BrCl2NO2/c1-11-17(24)23(16-8-14(21)7-15(22)9-16)18(25)19(11,2)10-12-3-5-13(20)6-4-12/h3-9,11H,10H2,1-2H3/t11-,19+/m0/s1. The van der Waals surface area contributed by atoms with Crippen molar-refractivity contribution >= 4 is 56.6 Å². The van der Waals surface area contributed by atoms with Gasteiger partial charge in [0, 0.05) is 14.5 Å². The Kier molecular flexibility index (Phi) is 4.97. The van der Waals surface area contributed by atoms with E-state index < -0.39 is 11.3 Å². The van der Waals surface area contributed by atoms with Gasteiger partial charge in [0.05, 0.1) is 17.0 Å². The fraction of sp³-hybridized carbons (Fsp3) is 0.263. The molecule has 2 amide bonds. The van der Waals surface area contributed by atoms with Crippen LogP contribution in [-0.2, 0) is 16.0 Å². The maximum absolute atomic E-state index is 13.2. The lowest BCUT2D eigenvalue weighted by Crippen LogP contribution is -2.36. The molecule has 0 aliphatic carbocycles. The Labute approximate surface area is 165 Å². The van der Waals surface area contributed by atoms with Gasteiger partial charge in [-0.05, 0) is 49.2 Å². The van der Waals surface area contributed by atoms with Crippen LogP contribution in [0.4, 0.5) is 5.69 Å². The lowest BCUT2D eigenvalue weighted by atomic mass is 9.75. The zero-order valence-electron chi connectivity index (χ0n) is 13.7. The third-order valence-corrected chi connectivity index (χ3v) is 5.79. The molecule has 130 valence electrons. The van der Waals surface area contributed by atoms with E-state index >= 15 is 0 Å². The van der Waals surface area contributed by atoms with Crippen LogP contribution in [0.3, 0.4) is 0 Å². The van der Waals surface area contributed by atoms with Gasteiger partial charge in [-0.25, -0.2) is 4.90 Å². The number of anilines is 1. The Morgan fingerprint density at radius 3 is 2.20 bits per heavy atom. The van der Waals surface area contributed by atoms with E-state index in [1.165, 1.54) is 4.90 Å². The number of nitrogens with zero attached hydrogens (tertiary/aromatic N) is 1. The van der Waals surface area contributed by atoms with E-state index in [-0.39, 0.29) is 11.8 Å². The molecule has 2 aromatic rings. The Bertz CT molecular complexity index is 833. The van der Waals surface area contributed by atoms with Crippen LogP contribution in [0.2, 0.25) is 10.0 Å².